The molecule has 3 atom stereocenters. The second-order valence-electron chi connectivity index (χ2n) is 7.63. The van der Waals surface area contributed by atoms with Crippen molar-refractivity contribution in [1.82, 2.24) is 20.0 Å². The maximum absolute atomic E-state index is 6.75. The Kier molecular flexibility index (Phi) is 3.56. The van der Waals surface area contributed by atoms with E-state index in [9.17, 15) is 0 Å². The van der Waals surface area contributed by atoms with E-state index in [0.29, 0.717) is 11.1 Å². The maximum atomic E-state index is 6.75. The fourth-order valence-corrected chi connectivity index (χ4v) is 5.22. The SMILES string of the molecule is Cc1nn([C@H]2C[C@@H]3CC[C@@H](C3)C2)c2nnc(-c3ccccc3)c(Cl)c12. The molecule has 2 saturated carbocycles. The van der Waals surface area contributed by atoms with Crippen molar-refractivity contribution in [2.24, 2.45) is 11.8 Å². The van der Waals surface area contributed by atoms with Crippen molar-refractivity contribution in [2.45, 2.75) is 45.1 Å². The van der Waals surface area contributed by atoms with E-state index in [2.05, 4.69) is 14.9 Å². The van der Waals surface area contributed by atoms with E-state index in [1.165, 1.54) is 32.1 Å². The second kappa shape index (κ2) is 5.80. The zero-order valence-corrected chi connectivity index (χ0v) is 15.1. The molecule has 2 fully saturated rings. The lowest BCUT2D eigenvalue weighted by molar-refractivity contribution is 0.250. The quantitative estimate of drug-likeness (QED) is 0.636. The van der Waals surface area contributed by atoms with Gasteiger partial charge in [0, 0.05) is 5.56 Å². The molecule has 0 N–H and O–H groups in total. The highest BCUT2D eigenvalue weighted by Crippen LogP contribution is 2.47. The molecule has 2 aliphatic carbocycles. The van der Waals surface area contributed by atoms with Gasteiger partial charge in [-0.1, -0.05) is 54.8 Å². The first-order valence-corrected chi connectivity index (χ1v) is 9.55. The molecular weight excluding hydrogens is 332 g/mol. The first-order valence-electron chi connectivity index (χ1n) is 9.17. The lowest BCUT2D eigenvalue weighted by atomic mass is 9.85. The van der Waals surface area contributed by atoms with Gasteiger partial charge in [-0.3, -0.25) is 0 Å². The van der Waals surface area contributed by atoms with E-state index in [1.807, 2.05) is 37.3 Å². The zero-order valence-electron chi connectivity index (χ0n) is 14.3. The zero-order chi connectivity index (χ0) is 17.0. The summed E-state index contributed by atoms with van der Waals surface area (Å²) >= 11 is 6.75. The molecule has 2 aromatic heterocycles. The minimum atomic E-state index is 0.440. The summed E-state index contributed by atoms with van der Waals surface area (Å²) in [7, 11) is 0. The van der Waals surface area contributed by atoms with Crippen LogP contribution in [0.4, 0.5) is 0 Å². The Morgan fingerprint density at radius 1 is 1.00 bits per heavy atom. The van der Waals surface area contributed by atoms with Crippen molar-refractivity contribution in [3.63, 3.8) is 0 Å². The van der Waals surface area contributed by atoms with E-state index in [-0.39, 0.29) is 0 Å². The number of fused-ring (bicyclic) bond motifs is 3. The van der Waals surface area contributed by atoms with Gasteiger partial charge in [-0.2, -0.15) is 5.10 Å². The first-order chi connectivity index (χ1) is 12.2. The van der Waals surface area contributed by atoms with Crippen LogP contribution in [-0.4, -0.2) is 20.0 Å². The van der Waals surface area contributed by atoms with Gasteiger partial charge < -0.3 is 0 Å². The van der Waals surface area contributed by atoms with Gasteiger partial charge in [0.05, 0.1) is 22.1 Å². The molecule has 3 aromatic rings. The van der Waals surface area contributed by atoms with Crippen molar-refractivity contribution in [3.05, 3.63) is 41.0 Å². The highest BCUT2D eigenvalue weighted by atomic mass is 35.5. The second-order valence-corrected chi connectivity index (χ2v) is 8.01. The van der Waals surface area contributed by atoms with Crippen LogP contribution < -0.4 is 0 Å². The Balaban J connectivity index is 1.62. The normalized spacial score (nSPS) is 25.6. The lowest BCUT2D eigenvalue weighted by Crippen LogP contribution is -2.21. The standard InChI is InChI=1S/C20H21ClN4/c1-12-17-18(21)19(15-5-3-2-4-6-15)22-23-20(17)25(24-12)16-10-13-7-8-14(9-13)11-16/h2-6,13-14,16H,7-11H2,1H3/t13-,14+,16+. The topological polar surface area (TPSA) is 43.6 Å². The number of hydrogen-bond acceptors (Lipinski definition) is 3. The monoisotopic (exact) mass is 352 g/mol. The summed E-state index contributed by atoms with van der Waals surface area (Å²) in [6, 6.07) is 10.4. The number of halogens is 1. The Morgan fingerprint density at radius 2 is 1.72 bits per heavy atom. The molecule has 0 amide bonds. The van der Waals surface area contributed by atoms with Gasteiger partial charge in [0.25, 0.3) is 0 Å². The Labute approximate surface area is 152 Å². The third-order valence-electron chi connectivity index (χ3n) is 5.99. The number of nitrogens with zero attached hydrogens (tertiary/aromatic N) is 4. The van der Waals surface area contributed by atoms with Gasteiger partial charge in [-0.25, -0.2) is 4.68 Å². The van der Waals surface area contributed by atoms with Crippen LogP contribution in [0.5, 0.6) is 0 Å². The summed E-state index contributed by atoms with van der Waals surface area (Å²) in [6.45, 7) is 2.03. The number of aromatic nitrogens is 4. The van der Waals surface area contributed by atoms with Crippen molar-refractivity contribution in [1.29, 1.82) is 0 Å². The summed E-state index contributed by atoms with van der Waals surface area (Å²) in [5.41, 5.74) is 3.52. The van der Waals surface area contributed by atoms with Crippen LogP contribution in [0.2, 0.25) is 5.02 Å². The van der Waals surface area contributed by atoms with Crippen LogP contribution in [-0.2, 0) is 0 Å². The molecular formula is C20H21ClN4. The van der Waals surface area contributed by atoms with Crippen molar-refractivity contribution in [3.8, 4) is 11.3 Å². The smallest absolute Gasteiger partial charge is 0.182 e. The van der Waals surface area contributed by atoms with Crippen LogP contribution >= 0.6 is 11.6 Å². The van der Waals surface area contributed by atoms with Crippen LogP contribution in [0.1, 0.15) is 43.8 Å². The van der Waals surface area contributed by atoms with Gasteiger partial charge in [0.15, 0.2) is 5.65 Å². The summed E-state index contributed by atoms with van der Waals surface area (Å²) in [5, 5.41) is 15.5. The van der Waals surface area contributed by atoms with Gasteiger partial charge >= 0.3 is 0 Å². The molecule has 0 unspecified atom stereocenters. The average Bonchev–Trinajstić information content (AvgIpc) is 3.15. The molecule has 0 spiro atoms. The molecule has 5 heteroatoms. The van der Waals surface area contributed by atoms with Crippen molar-refractivity contribution in [2.75, 3.05) is 0 Å². The maximum Gasteiger partial charge on any atom is 0.182 e. The number of hydrogen-bond donors (Lipinski definition) is 0. The summed E-state index contributed by atoms with van der Waals surface area (Å²) in [4.78, 5) is 0. The molecule has 25 heavy (non-hydrogen) atoms. The van der Waals surface area contributed by atoms with Gasteiger partial charge in [-0.05, 0) is 38.0 Å². The number of rotatable bonds is 2. The average molecular weight is 353 g/mol. The molecule has 0 radical (unpaired) electrons. The predicted molar refractivity (Wildman–Crippen MR) is 99.6 cm³/mol. The van der Waals surface area contributed by atoms with E-state index < -0.39 is 0 Å². The van der Waals surface area contributed by atoms with E-state index in [4.69, 9.17) is 16.7 Å². The van der Waals surface area contributed by atoms with Crippen LogP contribution in [0.15, 0.2) is 30.3 Å². The van der Waals surface area contributed by atoms with Gasteiger partial charge in [0.1, 0.15) is 5.69 Å². The molecule has 2 aliphatic rings. The molecule has 2 heterocycles. The molecule has 128 valence electrons. The largest absolute Gasteiger partial charge is 0.242 e. The molecule has 1 aromatic carbocycles. The van der Waals surface area contributed by atoms with E-state index >= 15 is 0 Å². The van der Waals surface area contributed by atoms with Gasteiger partial charge in [-0.15, -0.1) is 10.2 Å². The summed E-state index contributed by atoms with van der Waals surface area (Å²) < 4.78 is 2.11. The Hall–Kier alpha value is -1.94. The molecule has 0 saturated heterocycles. The minimum Gasteiger partial charge on any atom is -0.242 e. The summed E-state index contributed by atoms with van der Waals surface area (Å²) in [6.07, 6.45) is 6.59. The Bertz CT molecular complexity index is 922. The van der Waals surface area contributed by atoms with Gasteiger partial charge in [0.2, 0.25) is 0 Å². The van der Waals surface area contributed by atoms with Crippen LogP contribution in [0.25, 0.3) is 22.3 Å². The predicted octanol–water partition coefficient (Wildman–Crippen LogP) is 5.21. The van der Waals surface area contributed by atoms with Crippen LogP contribution in [0.3, 0.4) is 0 Å². The minimum absolute atomic E-state index is 0.440. The number of benzene rings is 1. The van der Waals surface area contributed by atoms with Crippen molar-refractivity contribution >= 4 is 22.6 Å². The third kappa shape index (κ3) is 2.46. The van der Waals surface area contributed by atoms with E-state index in [0.717, 1.165) is 39.8 Å². The fraction of sp³-hybridized carbons (Fsp3) is 0.450. The first kappa shape index (κ1) is 15.3. The lowest BCUT2D eigenvalue weighted by Gasteiger charge is -2.28. The number of aryl methyl sites for hydroxylation is 1. The summed E-state index contributed by atoms with van der Waals surface area (Å²) in [5.74, 6) is 1.71. The molecule has 5 rings (SSSR count). The van der Waals surface area contributed by atoms with E-state index in [1.54, 1.807) is 0 Å². The van der Waals surface area contributed by atoms with Crippen molar-refractivity contribution < 1.29 is 0 Å². The third-order valence-corrected chi connectivity index (χ3v) is 6.35. The molecule has 4 nitrogen and oxygen atoms in total. The Morgan fingerprint density at radius 3 is 2.44 bits per heavy atom. The molecule has 2 bridgehead atoms. The van der Waals surface area contributed by atoms with Crippen LogP contribution in [0, 0.1) is 18.8 Å². The highest BCUT2D eigenvalue weighted by molar-refractivity contribution is 6.37. The molecule has 0 aliphatic heterocycles. The highest BCUT2D eigenvalue weighted by Gasteiger charge is 2.36. The fourth-order valence-electron chi connectivity index (χ4n) is 4.85.